The number of nitrogens with zero attached hydrogens (tertiary/aromatic N) is 1. The number of hydrogen-bond acceptors (Lipinski definition) is 8. The molecule has 340 valence electrons. The average molecular weight is 832 g/mol. The Morgan fingerprint density at radius 3 is 1.12 bits per heavy atom. The van der Waals surface area contributed by atoms with E-state index in [1.165, 1.54) is 173 Å². The Labute approximate surface area is 353 Å². The monoisotopic (exact) mass is 832 g/mol. The zero-order chi connectivity index (χ0) is 42.1. The van der Waals surface area contributed by atoms with Crippen molar-refractivity contribution in [1.82, 2.24) is 0 Å². The number of phosphoric ester groups is 1. The molecule has 0 aromatic rings. The first-order valence-corrected chi connectivity index (χ1v) is 25.7. The molecular formula is C47H94NO8P. The molecule has 0 spiro atoms. The van der Waals surface area contributed by atoms with Gasteiger partial charge in [-0.05, 0) is 12.8 Å². The van der Waals surface area contributed by atoms with Crippen molar-refractivity contribution in [1.29, 1.82) is 0 Å². The van der Waals surface area contributed by atoms with E-state index >= 15 is 0 Å². The van der Waals surface area contributed by atoms with Crippen molar-refractivity contribution in [3.8, 4) is 0 Å². The van der Waals surface area contributed by atoms with Crippen LogP contribution in [0.2, 0.25) is 0 Å². The van der Waals surface area contributed by atoms with Gasteiger partial charge in [0.2, 0.25) is 0 Å². The van der Waals surface area contributed by atoms with Gasteiger partial charge in [0, 0.05) is 12.8 Å². The number of ether oxygens (including phenoxy) is 2. The maximum absolute atomic E-state index is 12.7. The summed E-state index contributed by atoms with van der Waals surface area (Å²) < 4.78 is 34.0. The Morgan fingerprint density at radius 1 is 0.474 bits per heavy atom. The van der Waals surface area contributed by atoms with Gasteiger partial charge in [0.05, 0.1) is 27.7 Å². The molecule has 0 saturated heterocycles. The van der Waals surface area contributed by atoms with Gasteiger partial charge in [0.25, 0.3) is 7.82 Å². The molecule has 0 aromatic carbocycles. The van der Waals surface area contributed by atoms with Crippen LogP contribution in [0, 0.1) is 0 Å². The topological polar surface area (TPSA) is 111 Å². The van der Waals surface area contributed by atoms with Gasteiger partial charge in [0.15, 0.2) is 6.10 Å². The summed E-state index contributed by atoms with van der Waals surface area (Å²) in [4.78, 5) is 37.6. The van der Waals surface area contributed by atoms with Crippen LogP contribution in [0.5, 0.6) is 0 Å². The van der Waals surface area contributed by atoms with Crippen LogP contribution in [-0.2, 0) is 32.7 Å². The smallest absolute Gasteiger partial charge is 0.306 e. The van der Waals surface area contributed by atoms with Crippen LogP contribution in [0.25, 0.3) is 0 Å². The second kappa shape index (κ2) is 40.4. The number of quaternary nitrogens is 1. The third kappa shape index (κ3) is 44.4. The van der Waals surface area contributed by atoms with E-state index < -0.39 is 26.5 Å². The molecule has 9 nitrogen and oxygen atoms in total. The predicted molar refractivity (Wildman–Crippen MR) is 236 cm³/mol. The lowest BCUT2D eigenvalue weighted by atomic mass is 10.0. The Kier molecular flexibility index (Phi) is 39.7. The number of esters is 2. The Hall–Kier alpha value is -0.990. The molecule has 2 atom stereocenters. The Bertz CT molecular complexity index is 943. The van der Waals surface area contributed by atoms with E-state index in [2.05, 4.69) is 13.8 Å². The number of carbonyl (C=O) groups is 2. The summed E-state index contributed by atoms with van der Waals surface area (Å²) in [5.74, 6) is -0.818. The van der Waals surface area contributed by atoms with E-state index in [0.717, 1.165) is 32.1 Å². The normalized spacial score (nSPS) is 13.4. The van der Waals surface area contributed by atoms with Gasteiger partial charge in [-0.25, -0.2) is 0 Å². The van der Waals surface area contributed by atoms with E-state index in [1.807, 2.05) is 21.1 Å². The lowest BCUT2D eigenvalue weighted by Gasteiger charge is -2.28. The molecule has 0 amide bonds. The highest BCUT2D eigenvalue weighted by molar-refractivity contribution is 7.45. The maximum atomic E-state index is 12.7. The highest BCUT2D eigenvalue weighted by atomic mass is 31.2. The largest absolute Gasteiger partial charge is 0.756 e. The number of rotatable bonds is 45. The molecule has 10 heteroatoms. The third-order valence-corrected chi connectivity index (χ3v) is 11.8. The fourth-order valence-electron chi connectivity index (χ4n) is 7.07. The molecule has 0 rings (SSSR count). The summed E-state index contributed by atoms with van der Waals surface area (Å²) in [6.45, 7) is 4.27. The third-order valence-electron chi connectivity index (χ3n) is 10.9. The second-order valence-corrected chi connectivity index (χ2v) is 19.3. The second-order valence-electron chi connectivity index (χ2n) is 17.8. The van der Waals surface area contributed by atoms with E-state index in [-0.39, 0.29) is 32.0 Å². The van der Waals surface area contributed by atoms with Crippen LogP contribution in [0.15, 0.2) is 0 Å². The van der Waals surface area contributed by atoms with Crippen molar-refractivity contribution < 1.29 is 42.1 Å². The predicted octanol–water partition coefficient (Wildman–Crippen LogP) is 13.3. The molecule has 0 bridgehead atoms. The summed E-state index contributed by atoms with van der Waals surface area (Å²) >= 11 is 0. The SMILES string of the molecule is CCCCCCCCCCCCCCCCCCCCCCCC(=O)OC[C@@H](COP(=O)([O-])OCC[N+](C)(C)C)OC(=O)CCCCCCCCCCCCCC. The highest BCUT2D eigenvalue weighted by Gasteiger charge is 2.21. The molecule has 57 heavy (non-hydrogen) atoms. The minimum Gasteiger partial charge on any atom is -0.756 e. The van der Waals surface area contributed by atoms with Gasteiger partial charge in [-0.15, -0.1) is 0 Å². The zero-order valence-electron chi connectivity index (χ0n) is 38.3. The number of carbonyl (C=O) groups excluding carboxylic acids is 2. The fraction of sp³-hybridized carbons (Fsp3) is 0.957. The average Bonchev–Trinajstić information content (AvgIpc) is 3.16. The molecule has 0 aromatic heterocycles. The van der Waals surface area contributed by atoms with Crippen molar-refractivity contribution in [3.05, 3.63) is 0 Å². The Morgan fingerprint density at radius 2 is 0.789 bits per heavy atom. The Balaban J connectivity index is 4.17. The van der Waals surface area contributed by atoms with Crippen LogP contribution < -0.4 is 4.89 Å². The summed E-state index contributed by atoms with van der Waals surface area (Å²) in [7, 11) is 1.18. The van der Waals surface area contributed by atoms with Crippen LogP contribution in [0.4, 0.5) is 0 Å². The van der Waals surface area contributed by atoms with Gasteiger partial charge < -0.3 is 27.9 Å². The van der Waals surface area contributed by atoms with Crippen molar-refractivity contribution >= 4 is 19.8 Å². The number of likely N-dealkylation sites (N-methyl/N-ethyl adjacent to an activating group) is 1. The van der Waals surface area contributed by atoms with E-state index in [1.54, 1.807) is 0 Å². The lowest BCUT2D eigenvalue weighted by molar-refractivity contribution is -0.870. The molecule has 0 aliphatic heterocycles. The van der Waals surface area contributed by atoms with Crippen LogP contribution in [0.3, 0.4) is 0 Å². The maximum Gasteiger partial charge on any atom is 0.306 e. The molecule has 0 aliphatic rings. The minimum atomic E-state index is -4.62. The fourth-order valence-corrected chi connectivity index (χ4v) is 7.80. The standard InChI is InChI=1S/C47H94NO8P/c1-6-8-10-12-14-16-18-20-21-22-23-24-25-26-27-28-30-31-33-35-37-39-46(49)53-43-45(44-55-57(51,52)54-42-41-48(3,4)5)56-47(50)40-38-36-34-32-29-19-17-15-13-11-9-7-2/h45H,6-44H2,1-5H3/t45-/m0/s1. The van der Waals surface area contributed by atoms with Crippen LogP contribution >= 0.6 is 7.82 Å². The number of hydrogen-bond donors (Lipinski definition) is 0. The van der Waals surface area contributed by atoms with E-state index in [9.17, 15) is 19.0 Å². The first-order valence-electron chi connectivity index (χ1n) is 24.2. The molecule has 0 saturated carbocycles. The van der Waals surface area contributed by atoms with E-state index in [0.29, 0.717) is 17.4 Å². The van der Waals surface area contributed by atoms with E-state index in [4.69, 9.17) is 18.5 Å². The molecular weight excluding hydrogens is 737 g/mol. The quantitative estimate of drug-likeness (QED) is 0.0258. The summed E-state index contributed by atoms with van der Waals surface area (Å²) in [5.41, 5.74) is 0. The van der Waals surface area contributed by atoms with Gasteiger partial charge in [-0.3, -0.25) is 14.2 Å². The molecule has 0 N–H and O–H groups in total. The van der Waals surface area contributed by atoms with Gasteiger partial charge in [-0.1, -0.05) is 213 Å². The summed E-state index contributed by atoms with van der Waals surface area (Å²) in [6.07, 6.45) is 41.3. The minimum absolute atomic E-state index is 0.0256. The molecule has 0 fully saturated rings. The summed E-state index contributed by atoms with van der Waals surface area (Å²) in [5, 5.41) is 0. The molecule has 1 unspecified atom stereocenters. The lowest BCUT2D eigenvalue weighted by Crippen LogP contribution is -2.37. The first-order chi connectivity index (χ1) is 27.5. The summed E-state index contributed by atoms with van der Waals surface area (Å²) in [6, 6.07) is 0. The van der Waals surface area contributed by atoms with Crippen molar-refractivity contribution in [2.24, 2.45) is 0 Å². The number of phosphoric acid groups is 1. The molecule has 0 radical (unpaired) electrons. The number of unbranched alkanes of at least 4 members (excludes halogenated alkanes) is 31. The first kappa shape index (κ1) is 56.0. The van der Waals surface area contributed by atoms with Crippen molar-refractivity contribution in [3.63, 3.8) is 0 Å². The highest BCUT2D eigenvalue weighted by Crippen LogP contribution is 2.38. The zero-order valence-corrected chi connectivity index (χ0v) is 39.2. The van der Waals surface area contributed by atoms with Crippen LogP contribution in [-0.4, -0.2) is 70.0 Å². The van der Waals surface area contributed by atoms with Gasteiger partial charge in [-0.2, -0.15) is 0 Å². The van der Waals surface area contributed by atoms with Crippen molar-refractivity contribution in [2.75, 3.05) is 47.5 Å². The molecule has 0 aliphatic carbocycles. The molecule has 0 heterocycles. The van der Waals surface area contributed by atoms with Gasteiger partial charge >= 0.3 is 11.9 Å². The van der Waals surface area contributed by atoms with Gasteiger partial charge in [0.1, 0.15) is 19.8 Å². The van der Waals surface area contributed by atoms with Crippen LogP contribution in [0.1, 0.15) is 239 Å². The van der Waals surface area contributed by atoms with Crippen molar-refractivity contribution in [2.45, 2.75) is 245 Å².